The molecular weight excluding hydrogens is 368 g/mol. The van der Waals surface area contributed by atoms with E-state index in [1.807, 2.05) is 24.3 Å². The average Bonchev–Trinajstić information content (AvgIpc) is 3.09. The van der Waals surface area contributed by atoms with Gasteiger partial charge in [-0.3, -0.25) is 14.3 Å². The minimum atomic E-state index is -0.335. The minimum Gasteiger partial charge on any atom is -0.479 e. The Morgan fingerprint density at radius 1 is 1.00 bits per heavy atom. The van der Waals surface area contributed by atoms with Crippen LogP contribution >= 0.6 is 0 Å². The molecule has 3 rings (SSSR count). The molecular formula is C22H24N4O3. The lowest BCUT2D eigenvalue weighted by molar-refractivity contribution is 0.101. The number of carbonyl (C=O) groups is 2. The molecule has 0 fully saturated rings. The van der Waals surface area contributed by atoms with E-state index in [0.717, 1.165) is 11.3 Å². The molecule has 2 aromatic carbocycles. The summed E-state index contributed by atoms with van der Waals surface area (Å²) in [7, 11) is 3.17. The Kier molecular flexibility index (Phi) is 5.97. The van der Waals surface area contributed by atoms with Gasteiger partial charge in [0.25, 0.3) is 11.8 Å². The highest BCUT2D eigenvalue weighted by molar-refractivity contribution is 6.07. The van der Waals surface area contributed by atoms with E-state index in [2.05, 4.69) is 29.6 Å². The molecule has 29 heavy (non-hydrogen) atoms. The van der Waals surface area contributed by atoms with Crippen LogP contribution in [-0.2, 0) is 7.05 Å². The first-order valence-electron chi connectivity index (χ1n) is 9.28. The van der Waals surface area contributed by atoms with Gasteiger partial charge in [0, 0.05) is 30.2 Å². The molecule has 0 radical (unpaired) electrons. The molecule has 0 spiro atoms. The first kappa shape index (κ1) is 20.1. The summed E-state index contributed by atoms with van der Waals surface area (Å²) in [6.45, 7) is 4.17. The molecule has 0 aliphatic heterocycles. The van der Waals surface area contributed by atoms with Crippen LogP contribution in [0.3, 0.4) is 0 Å². The van der Waals surface area contributed by atoms with E-state index in [4.69, 9.17) is 4.74 Å². The maximum atomic E-state index is 12.6. The number of rotatable bonds is 6. The number of para-hydroxylation sites is 1. The van der Waals surface area contributed by atoms with Crippen molar-refractivity contribution in [1.82, 2.24) is 9.78 Å². The Bertz CT molecular complexity index is 1020. The van der Waals surface area contributed by atoms with Crippen molar-refractivity contribution in [2.24, 2.45) is 7.05 Å². The molecule has 0 atom stereocenters. The van der Waals surface area contributed by atoms with Crippen molar-refractivity contribution in [2.45, 2.75) is 19.8 Å². The zero-order chi connectivity index (χ0) is 21.0. The predicted molar refractivity (Wildman–Crippen MR) is 113 cm³/mol. The van der Waals surface area contributed by atoms with E-state index in [0.29, 0.717) is 22.7 Å². The standard InChI is InChI=1S/C22H24N4O3/c1-14(2)17-7-5-6-8-19(17)24-20(27)15-9-11-16(12-10-15)23-21(28)18-13-26(3)25-22(18)29-4/h5-14H,1-4H3,(H,23,28)(H,24,27). The molecule has 1 aromatic heterocycles. The second-order valence-electron chi connectivity index (χ2n) is 6.95. The van der Waals surface area contributed by atoms with Crippen molar-refractivity contribution in [1.29, 1.82) is 0 Å². The third-order valence-electron chi connectivity index (χ3n) is 4.47. The fourth-order valence-electron chi connectivity index (χ4n) is 2.99. The topological polar surface area (TPSA) is 85.2 Å². The number of aromatic nitrogens is 2. The minimum absolute atomic E-state index is 0.204. The number of nitrogens with zero attached hydrogens (tertiary/aromatic N) is 2. The molecule has 2 N–H and O–H groups in total. The number of amides is 2. The smallest absolute Gasteiger partial charge is 0.262 e. The second-order valence-corrected chi connectivity index (χ2v) is 6.95. The highest BCUT2D eigenvalue weighted by Gasteiger charge is 2.17. The summed E-state index contributed by atoms with van der Waals surface area (Å²) in [5, 5.41) is 9.81. The van der Waals surface area contributed by atoms with Crippen molar-refractivity contribution in [3.05, 3.63) is 71.4 Å². The molecule has 0 aliphatic carbocycles. The van der Waals surface area contributed by atoms with Gasteiger partial charge in [0.15, 0.2) is 0 Å². The van der Waals surface area contributed by atoms with Crippen LogP contribution in [0.1, 0.15) is 46.0 Å². The lowest BCUT2D eigenvalue weighted by Gasteiger charge is -2.13. The van der Waals surface area contributed by atoms with Gasteiger partial charge in [-0.15, -0.1) is 5.10 Å². The highest BCUT2D eigenvalue weighted by atomic mass is 16.5. The molecule has 1 heterocycles. The maximum Gasteiger partial charge on any atom is 0.262 e. The quantitative estimate of drug-likeness (QED) is 0.663. The SMILES string of the molecule is COc1nn(C)cc1C(=O)Nc1ccc(C(=O)Nc2ccccc2C(C)C)cc1. The summed E-state index contributed by atoms with van der Waals surface area (Å²) in [5.74, 6) is 0.0151. The number of hydrogen-bond acceptors (Lipinski definition) is 4. The molecule has 2 amide bonds. The number of ether oxygens (including phenoxy) is 1. The second kappa shape index (κ2) is 8.60. The van der Waals surface area contributed by atoms with E-state index in [1.165, 1.54) is 11.8 Å². The van der Waals surface area contributed by atoms with Gasteiger partial charge in [-0.1, -0.05) is 32.0 Å². The zero-order valence-corrected chi connectivity index (χ0v) is 16.9. The van der Waals surface area contributed by atoms with Gasteiger partial charge in [-0.25, -0.2) is 0 Å². The molecule has 0 saturated carbocycles. The number of methoxy groups -OCH3 is 1. The van der Waals surface area contributed by atoms with Crippen LogP contribution in [0.25, 0.3) is 0 Å². The van der Waals surface area contributed by atoms with Crippen LogP contribution in [0.15, 0.2) is 54.7 Å². The first-order chi connectivity index (χ1) is 13.9. The van der Waals surface area contributed by atoms with Gasteiger partial charge in [0.1, 0.15) is 5.56 Å². The molecule has 3 aromatic rings. The van der Waals surface area contributed by atoms with E-state index >= 15 is 0 Å². The zero-order valence-electron chi connectivity index (χ0n) is 16.9. The molecule has 7 heteroatoms. The van der Waals surface area contributed by atoms with Crippen molar-refractivity contribution >= 4 is 23.2 Å². The lowest BCUT2D eigenvalue weighted by atomic mass is 10.0. The van der Waals surface area contributed by atoms with Crippen molar-refractivity contribution in [2.75, 3.05) is 17.7 Å². The Labute approximate surface area is 169 Å². The Morgan fingerprint density at radius 3 is 2.34 bits per heavy atom. The molecule has 0 unspecified atom stereocenters. The van der Waals surface area contributed by atoms with Gasteiger partial charge in [0.05, 0.1) is 7.11 Å². The maximum absolute atomic E-state index is 12.6. The van der Waals surface area contributed by atoms with Gasteiger partial charge in [0.2, 0.25) is 5.88 Å². The fraction of sp³-hybridized carbons (Fsp3) is 0.227. The molecule has 150 valence electrons. The number of anilines is 2. The van der Waals surface area contributed by atoms with Gasteiger partial charge < -0.3 is 15.4 Å². The van der Waals surface area contributed by atoms with Crippen LogP contribution in [0.5, 0.6) is 5.88 Å². The van der Waals surface area contributed by atoms with Gasteiger partial charge >= 0.3 is 0 Å². The van der Waals surface area contributed by atoms with E-state index in [9.17, 15) is 9.59 Å². The Balaban J connectivity index is 1.70. The summed E-state index contributed by atoms with van der Waals surface area (Å²) < 4.78 is 6.62. The monoisotopic (exact) mass is 392 g/mol. The third kappa shape index (κ3) is 4.63. The van der Waals surface area contributed by atoms with Crippen LogP contribution in [0.2, 0.25) is 0 Å². The molecule has 7 nitrogen and oxygen atoms in total. The van der Waals surface area contributed by atoms with Crippen molar-refractivity contribution < 1.29 is 14.3 Å². The third-order valence-corrected chi connectivity index (χ3v) is 4.47. The molecule has 0 bridgehead atoms. The number of benzene rings is 2. The Morgan fingerprint density at radius 2 is 1.69 bits per heavy atom. The largest absolute Gasteiger partial charge is 0.479 e. The molecule has 0 aliphatic rings. The highest BCUT2D eigenvalue weighted by Crippen LogP contribution is 2.24. The summed E-state index contributed by atoms with van der Waals surface area (Å²) in [5.41, 5.74) is 3.28. The van der Waals surface area contributed by atoms with Crippen molar-refractivity contribution in [3.63, 3.8) is 0 Å². The van der Waals surface area contributed by atoms with Crippen LogP contribution in [0, 0.1) is 0 Å². The number of nitrogens with one attached hydrogen (secondary N) is 2. The van der Waals surface area contributed by atoms with Crippen LogP contribution < -0.4 is 15.4 Å². The number of carbonyl (C=O) groups excluding carboxylic acids is 2. The normalized spacial score (nSPS) is 10.7. The summed E-state index contributed by atoms with van der Waals surface area (Å²) in [6, 6.07) is 14.5. The summed E-state index contributed by atoms with van der Waals surface area (Å²) in [6.07, 6.45) is 1.59. The number of aryl methyl sites for hydroxylation is 1. The van der Waals surface area contributed by atoms with Gasteiger partial charge in [-0.05, 0) is 41.8 Å². The first-order valence-corrected chi connectivity index (χ1v) is 9.28. The fourth-order valence-corrected chi connectivity index (χ4v) is 2.99. The molecule has 0 saturated heterocycles. The summed E-state index contributed by atoms with van der Waals surface area (Å²) in [4.78, 5) is 25.0. The lowest BCUT2D eigenvalue weighted by Crippen LogP contribution is -2.15. The van der Waals surface area contributed by atoms with Crippen molar-refractivity contribution in [3.8, 4) is 5.88 Å². The predicted octanol–water partition coefficient (Wildman–Crippen LogP) is 4.06. The van der Waals surface area contributed by atoms with E-state index < -0.39 is 0 Å². The number of hydrogen-bond donors (Lipinski definition) is 2. The van der Waals surface area contributed by atoms with Gasteiger partial charge in [-0.2, -0.15) is 0 Å². The van der Waals surface area contributed by atoms with E-state index in [-0.39, 0.29) is 17.7 Å². The van der Waals surface area contributed by atoms with Crippen LogP contribution in [-0.4, -0.2) is 28.7 Å². The Hall–Kier alpha value is -3.61. The van der Waals surface area contributed by atoms with Crippen LogP contribution in [0.4, 0.5) is 11.4 Å². The van der Waals surface area contributed by atoms with E-state index in [1.54, 1.807) is 37.5 Å². The average molecular weight is 392 g/mol. The summed E-state index contributed by atoms with van der Waals surface area (Å²) >= 11 is 0.